The second kappa shape index (κ2) is 3.19. The molecule has 0 aliphatic carbocycles. The molecule has 1 aromatic heterocycles. The number of benzene rings is 1. The standard InChI is InChI=1S/C12H10S/c1-3-6-11-9(2)10-7-4-5-8-12(10)13-11/h3-8H,1-2H2/b11-6+. The summed E-state index contributed by atoms with van der Waals surface area (Å²) in [5.41, 5.74) is 0. The molecule has 0 spiro atoms. The van der Waals surface area contributed by atoms with Crippen LogP contribution in [0.2, 0.25) is 0 Å². The van der Waals surface area contributed by atoms with Crippen molar-refractivity contribution in [2.75, 3.05) is 0 Å². The number of hydrogen-bond donors (Lipinski definition) is 0. The zero-order valence-corrected chi connectivity index (χ0v) is 8.10. The molecule has 64 valence electrons. The molecule has 13 heavy (non-hydrogen) atoms. The van der Waals surface area contributed by atoms with E-state index in [4.69, 9.17) is 0 Å². The van der Waals surface area contributed by atoms with Crippen molar-refractivity contribution in [3.63, 3.8) is 0 Å². The summed E-state index contributed by atoms with van der Waals surface area (Å²) in [5.74, 6) is 0. The van der Waals surface area contributed by atoms with Gasteiger partial charge >= 0.3 is 0 Å². The van der Waals surface area contributed by atoms with E-state index >= 15 is 0 Å². The second-order valence-corrected chi connectivity index (χ2v) is 3.93. The van der Waals surface area contributed by atoms with E-state index in [1.807, 2.05) is 12.1 Å². The van der Waals surface area contributed by atoms with Gasteiger partial charge in [-0.2, -0.15) is 0 Å². The summed E-state index contributed by atoms with van der Waals surface area (Å²) in [6.45, 7) is 7.75. The monoisotopic (exact) mass is 186 g/mol. The Hall–Kier alpha value is -1.34. The van der Waals surface area contributed by atoms with Crippen LogP contribution in [0.25, 0.3) is 22.7 Å². The normalized spacial score (nSPS) is 12.2. The lowest BCUT2D eigenvalue weighted by molar-refractivity contribution is 1.77. The highest BCUT2D eigenvalue weighted by atomic mass is 32.1. The third kappa shape index (κ3) is 1.31. The molecule has 1 heterocycles. The van der Waals surface area contributed by atoms with Crippen LogP contribution in [0.1, 0.15) is 0 Å². The lowest BCUT2D eigenvalue weighted by Crippen LogP contribution is -2.15. The summed E-state index contributed by atoms with van der Waals surface area (Å²) in [7, 11) is 0. The zero-order valence-electron chi connectivity index (χ0n) is 7.29. The van der Waals surface area contributed by atoms with Crippen molar-refractivity contribution in [1.29, 1.82) is 0 Å². The molecule has 0 fully saturated rings. The van der Waals surface area contributed by atoms with Crippen LogP contribution in [-0.2, 0) is 0 Å². The van der Waals surface area contributed by atoms with Gasteiger partial charge in [-0.1, -0.05) is 37.4 Å². The van der Waals surface area contributed by atoms with Crippen molar-refractivity contribution in [2.45, 2.75) is 0 Å². The van der Waals surface area contributed by atoms with Gasteiger partial charge in [0.05, 0.1) is 0 Å². The van der Waals surface area contributed by atoms with Crippen LogP contribution >= 0.6 is 11.3 Å². The van der Waals surface area contributed by atoms with Gasteiger partial charge in [-0.3, -0.25) is 0 Å². The average Bonchev–Trinajstić information content (AvgIpc) is 2.46. The summed E-state index contributed by atoms with van der Waals surface area (Å²) in [5, 5.41) is 2.36. The molecule has 0 atom stereocenters. The maximum absolute atomic E-state index is 4.06. The van der Waals surface area contributed by atoms with Gasteiger partial charge < -0.3 is 0 Å². The molecule has 0 saturated heterocycles. The molecule has 0 unspecified atom stereocenters. The van der Waals surface area contributed by atoms with E-state index in [1.165, 1.54) is 14.6 Å². The maximum atomic E-state index is 4.06. The van der Waals surface area contributed by atoms with Crippen LogP contribution < -0.4 is 9.75 Å². The molecule has 0 nitrogen and oxygen atoms in total. The topological polar surface area (TPSA) is 0 Å². The Morgan fingerprint density at radius 2 is 2.00 bits per heavy atom. The van der Waals surface area contributed by atoms with E-state index in [2.05, 4.69) is 31.4 Å². The molecule has 0 amide bonds. The quantitative estimate of drug-likeness (QED) is 0.641. The maximum Gasteiger partial charge on any atom is 0.0355 e. The highest BCUT2D eigenvalue weighted by molar-refractivity contribution is 7.17. The Kier molecular flexibility index (Phi) is 2.03. The van der Waals surface area contributed by atoms with Gasteiger partial charge in [0.25, 0.3) is 0 Å². The van der Waals surface area contributed by atoms with Crippen LogP contribution in [0.5, 0.6) is 0 Å². The van der Waals surface area contributed by atoms with Gasteiger partial charge in [-0.05, 0) is 22.7 Å². The molecule has 0 radical (unpaired) electrons. The minimum atomic E-state index is 1.11. The van der Waals surface area contributed by atoms with Crippen molar-refractivity contribution < 1.29 is 0 Å². The smallest absolute Gasteiger partial charge is 0.0355 e. The molecule has 0 saturated carbocycles. The molecule has 0 bridgehead atoms. The Morgan fingerprint density at radius 1 is 1.23 bits per heavy atom. The third-order valence-corrected chi connectivity index (χ3v) is 3.18. The van der Waals surface area contributed by atoms with Gasteiger partial charge in [-0.25, -0.2) is 0 Å². The third-order valence-electron chi connectivity index (χ3n) is 2.00. The number of rotatable bonds is 1. The van der Waals surface area contributed by atoms with Crippen molar-refractivity contribution in [3.05, 3.63) is 46.7 Å². The van der Waals surface area contributed by atoms with Gasteiger partial charge in [-0.15, -0.1) is 11.3 Å². The summed E-state index contributed by atoms with van der Waals surface area (Å²) in [4.78, 5) is 0. The number of allylic oxidation sites excluding steroid dienone is 1. The van der Waals surface area contributed by atoms with E-state index < -0.39 is 0 Å². The molecule has 0 aliphatic rings. The molecular formula is C12H10S. The van der Waals surface area contributed by atoms with Gasteiger partial charge in [0.1, 0.15) is 0 Å². The molecule has 2 rings (SSSR count). The van der Waals surface area contributed by atoms with Gasteiger partial charge in [0.2, 0.25) is 0 Å². The van der Waals surface area contributed by atoms with E-state index in [-0.39, 0.29) is 0 Å². The summed E-state index contributed by atoms with van der Waals surface area (Å²) in [6.07, 6.45) is 3.81. The summed E-state index contributed by atoms with van der Waals surface area (Å²) < 4.78 is 2.50. The molecular weight excluding hydrogens is 176 g/mol. The first-order valence-electron chi connectivity index (χ1n) is 4.12. The fraction of sp³-hybridized carbons (Fsp3) is 0. The molecule has 1 aromatic carbocycles. The van der Waals surface area contributed by atoms with E-state index in [0.717, 1.165) is 5.22 Å². The Labute approximate surface area is 81.1 Å². The summed E-state index contributed by atoms with van der Waals surface area (Å²) >= 11 is 1.76. The van der Waals surface area contributed by atoms with E-state index in [0.29, 0.717) is 0 Å². The molecule has 1 heteroatoms. The Bertz CT molecular complexity index is 546. The minimum absolute atomic E-state index is 1.11. The van der Waals surface area contributed by atoms with Crippen molar-refractivity contribution >= 4 is 34.1 Å². The largest absolute Gasteiger partial charge is 0.135 e. The van der Waals surface area contributed by atoms with Gasteiger partial charge in [0, 0.05) is 9.23 Å². The highest BCUT2D eigenvalue weighted by Gasteiger charge is 1.96. The van der Waals surface area contributed by atoms with Crippen molar-refractivity contribution in [2.24, 2.45) is 0 Å². The average molecular weight is 186 g/mol. The first-order chi connectivity index (χ1) is 6.33. The van der Waals surface area contributed by atoms with E-state index in [1.54, 1.807) is 17.4 Å². The number of hydrogen-bond acceptors (Lipinski definition) is 1. The fourth-order valence-electron chi connectivity index (χ4n) is 1.36. The Balaban J connectivity index is 2.98. The zero-order chi connectivity index (χ0) is 9.26. The first kappa shape index (κ1) is 8.27. The lowest BCUT2D eigenvalue weighted by atomic mass is 10.2. The van der Waals surface area contributed by atoms with Crippen molar-refractivity contribution in [1.82, 2.24) is 0 Å². The molecule has 0 N–H and O–H groups in total. The predicted octanol–water partition coefficient (Wildman–Crippen LogP) is 2.28. The van der Waals surface area contributed by atoms with Crippen LogP contribution in [-0.4, -0.2) is 0 Å². The Morgan fingerprint density at radius 3 is 2.69 bits per heavy atom. The molecule has 2 aromatic rings. The molecule has 0 aliphatic heterocycles. The number of fused-ring (bicyclic) bond motifs is 1. The highest BCUT2D eigenvalue weighted by Crippen LogP contribution is 2.11. The summed E-state index contributed by atoms with van der Waals surface area (Å²) in [6, 6.07) is 8.32. The van der Waals surface area contributed by atoms with Crippen molar-refractivity contribution in [3.8, 4) is 0 Å². The second-order valence-electron chi connectivity index (χ2n) is 2.84. The fourth-order valence-corrected chi connectivity index (χ4v) is 2.44. The first-order valence-corrected chi connectivity index (χ1v) is 4.94. The van der Waals surface area contributed by atoms with Crippen LogP contribution in [0, 0.1) is 0 Å². The SMILES string of the molecule is C=C/C=c1/sc2ccccc2c1=C. The number of thiophene rings is 1. The van der Waals surface area contributed by atoms with E-state index in [9.17, 15) is 0 Å². The van der Waals surface area contributed by atoms with Crippen LogP contribution in [0.4, 0.5) is 0 Å². The van der Waals surface area contributed by atoms with Crippen LogP contribution in [0.15, 0.2) is 36.9 Å². The predicted molar refractivity (Wildman–Crippen MR) is 61.3 cm³/mol. The van der Waals surface area contributed by atoms with Crippen LogP contribution in [0.3, 0.4) is 0 Å². The lowest BCUT2D eigenvalue weighted by Gasteiger charge is -1.83. The minimum Gasteiger partial charge on any atom is -0.135 e. The van der Waals surface area contributed by atoms with Gasteiger partial charge in [0.15, 0.2) is 0 Å².